The van der Waals surface area contributed by atoms with Crippen LogP contribution in [0.15, 0.2) is 48.2 Å². The van der Waals surface area contributed by atoms with Crippen LogP contribution in [0.2, 0.25) is 0 Å². The lowest BCUT2D eigenvalue weighted by Gasteiger charge is -2.36. The molecule has 6 nitrogen and oxygen atoms in total. The lowest BCUT2D eigenvalue weighted by Crippen LogP contribution is -2.47. The normalized spacial score (nSPS) is 17.5. The van der Waals surface area contributed by atoms with Crippen molar-refractivity contribution in [2.75, 3.05) is 44.2 Å². The van der Waals surface area contributed by atoms with Crippen LogP contribution in [-0.2, 0) is 9.59 Å². The molecule has 0 bridgehead atoms. The lowest BCUT2D eigenvalue weighted by molar-refractivity contribution is -0.120. The average molecular weight is 434 g/mol. The Morgan fingerprint density at radius 1 is 0.875 bits per heavy atom. The van der Waals surface area contributed by atoms with Gasteiger partial charge in [0.25, 0.3) is 11.8 Å². The van der Waals surface area contributed by atoms with Crippen molar-refractivity contribution in [3.8, 4) is 5.75 Å². The van der Waals surface area contributed by atoms with Crippen molar-refractivity contribution < 1.29 is 14.3 Å². The Bertz CT molecular complexity index is 1050. The van der Waals surface area contributed by atoms with E-state index in [-0.39, 0.29) is 11.8 Å². The lowest BCUT2D eigenvalue weighted by atomic mass is 10.0. The molecule has 0 aliphatic carbocycles. The van der Waals surface area contributed by atoms with Crippen LogP contribution in [0.25, 0.3) is 5.57 Å². The minimum absolute atomic E-state index is 0.238. The number of rotatable bonds is 6. The number of likely N-dealkylation sites (N-methyl/N-ethyl adjacent to an activating group) is 1. The molecule has 2 aromatic rings. The molecule has 0 radical (unpaired) electrons. The Labute approximate surface area is 190 Å². The highest BCUT2D eigenvalue weighted by atomic mass is 16.5. The standard InChI is InChI=1S/C26H31N3O3/c1-5-27-13-15-28(16-14-27)24-23(20-9-11-21(12-10-20)32-6-2)25(30)29(26(24)31)22-17-18(3)7-8-19(22)4/h7-12,17H,5-6,13-16H2,1-4H3. The Morgan fingerprint density at radius 3 is 2.19 bits per heavy atom. The summed E-state index contributed by atoms with van der Waals surface area (Å²) in [6, 6.07) is 13.3. The molecule has 2 aliphatic rings. The first-order chi connectivity index (χ1) is 15.4. The van der Waals surface area contributed by atoms with Gasteiger partial charge in [0.2, 0.25) is 0 Å². The van der Waals surface area contributed by atoms with Crippen molar-refractivity contribution in [3.05, 3.63) is 64.9 Å². The maximum absolute atomic E-state index is 13.8. The molecule has 0 saturated carbocycles. The fraction of sp³-hybridized carbons (Fsp3) is 0.385. The highest BCUT2D eigenvalue weighted by molar-refractivity contribution is 6.45. The van der Waals surface area contributed by atoms with E-state index >= 15 is 0 Å². The van der Waals surface area contributed by atoms with Crippen molar-refractivity contribution in [1.29, 1.82) is 0 Å². The average Bonchev–Trinajstić information content (AvgIpc) is 3.06. The van der Waals surface area contributed by atoms with E-state index in [1.807, 2.05) is 63.2 Å². The third-order valence-electron chi connectivity index (χ3n) is 6.25. The van der Waals surface area contributed by atoms with E-state index < -0.39 is 0 Å². The van der Waals surface area contributed by atoms with Gasteiger partial charge in [0.05, 0.1) is 17.9 Å². The number of hydrogen-bond acceptors (Lipinski definition) is 5. The third kappa shape index (κ3) is 4.02. The molecule has 2 heterocycles. The van der Waals surface area contributed by atoms with E-state index in [9.17, 15) is 9.59 Å². The highest BCUT2D eigenvalue weighted by Gasteiger charge is 2.43. The number of imide groups is 1. The van der Waals surface area contributed by atoms with Crippen LogP contribution in [0.3, 0.4) is 0 Å². The van der Waals surface area contributed by atoms with Gasteiger partial charge in [-0.15, -0.1) is 0 Å². The van der Waals surface area contributed by atoms with E-state index in [0.29, 0.717) is 23.6 Å². The molecule has 2 aliphatic heterocycles. The van der Waals surface area contributed by atoms with Crippen molar-refractivity contribution in [3.63, 3.8) is 0 Å². The number of hydrogen-bond donors (Lipinski definition) is 0. The molecule has 0 N–H and O–H groups in total. The Kier molecular flexibility index (Phi) is 6.33. The summed E-state index contributed by atoms with van der Waals surface area (Å²) in [4.78, 5) is 33.3. The molecule has 0 aromatic heterocycles. The smallest absolute Gasteiger partial charge is 0.282 e. The minimum Gasteiger partial charge on any atom is -0.494 e. The van der Waals surface area contributed by atoms with Gasteiger partial charge < -0.3 is 14.5 Å². The molecule has 0 spiro atoms. The zero-order chi connectivity index (χ0) is 22.8. The van der Waals surface area contributed by atoms with Crippen molar-refractivity contribution in [2.45, 2.75) is 27.7 Å². The maximum atomic E-state index is 13.8. The Balaban J connectivity index is 1.78. The first-order valence-electron chi connectivity index (χ1n) is 11.4. The topological polar surface area (TPSA) is 53.1 Å². The predicted molar refractivity (Wildman–Crippen MR) is 127 cm³/mol. The second kappa shape index (κ2) is 9.17. The van der Waals surface area contributed by atoms with E-state index in [2.05, 4.69) is 16.7 Å². The van der Waals surface area contributed by atoms with Gasteiger partial charge in [-0.1, -0.05) is 31.2 Å². The van der Waals surface area contributed by atoms with Crippen LogP contribution >= 0.6 is 0 Å². The number of aryl methyl sites for hydroxylation is 2. The minimum atomic E-state index is -0.263. The second-order valence-corrected chi connectivity index (χ2v) is 8.34. The van der Waals surface area contributed by atoms with E-state index in [1.54, 1.807) is 0 Å². The molecule has 6 heteroatoms. The third-order valence-corrected chi connectivity index (χ3v) is 6.25. The van der Waals surface area contributed by atoms with Gasteiger partial charge in [0, 0.05) is 26.2 Å². The molecule has 0 atom stereocenters. The summed E-state index contributed by atoms with van der Waals surface area (Å²) in [6.07, 6.45) is 0. The van der Waals surface area contributed by atoms with Gasteiger partial charge >= 0.3 is 0 Å². The summed E-state index contributed by atoms with van der Waals surface area (Å²) in [5.41, 5.74) is 4.30. The molecule has 2 aromatic carbocycles. The van der Waals surface area contributed by atoms with Gasteiger partial charge in [-0.25, -0.2) is 4.90 Å². The van der Waals surface area contributed by atoms with Crippen LogP contribution in [0.4, 0.5) is 5.69 Å². The fourth-order valence-corrected chi connectivity index (χ4v) is 4.42. The zero-order valence-electron chi connectivity index (χ0n) is 19.4. The summed E-state index contributed by atoms with van der Waals surface area (Å²) in [5, 5.41) is 0. The van der Waals surface area contributed by atoms with Crippen molar-refractivity contribution in [2.24, 2.45) is 0 Å². The SMILES string of the molecule is CCOc1ccc(C2=C(N3CCN(CC)CC3)C(=O)N(c3cc(C)ccc3C)C2=O)cc1. The number of nitrogens with zero attached hydrogens (tertiary/aromatic N) is 3. The monoisotopic (exact) mass is 433 g/mol. The Morgan fingerprint density at radius 2 is 1.56 bits per heavy atom. The van der Waals surface area contributed by atoms with Crippen LogP contribution in [0.1, 0.15) is 30.5 Å². The molecule has 0 unspecified atom stereocenters. The molecular formula is C26H31N3O3. The molecule has 2 amide bonds. The number of carbonyl (C=O) groups is 2. The fourth-order valence-electron chi connectivity index (χ4n) is 4.42. The largest absolute Gasteiger partial charge is 0.494 e. The highest BCUT2D eigenvalue weighted by Crippen LogP contribution is 2.37. The van der Waals surface area contributed by atoms with Crippen LogP contribution in [0.5, 0.6) is 5.75 Å². The number of carbonyl (C=O) groups excluding carboxylic acids is 2. The van der Waals surface area contributed by atoms with Gasteiger partial charge in [0.1, 0.15) is 11.4 Å². The van der Waals surface area contributed by atoms with Gasteiger partial charge in [-0.05, 0) is 62.2 Å². The second-order valence-electron chi connectivity index (χ2n) is 8.34. The van der Waals surface area contributed by atoms with Gasteiger partial charge in [0.15, 0.2) is 0 Å². The van der Waals surface area contributed by atoms with Crippen LogP contribution in [-0.4, -0.2) is 60.9 Å². The van der Waals surface area contributed by atoms with E-state index in [4.69, 9.17) is 4.74 Å². The predicted octanol–water partition coefficient (Wildman–Crippen LogP) is 3.62. The van der Waals surface area contributed by atoms with Crippen molar-refractivity contribution >= 4 is 23.1 Å². The molecule has 168 valence electrons. The summed E-state index contributed by atoms with van der Waals surface area (Å²) >= 11 is 0. The van der Waals surface area contributed by atoms with E-state index in [1.165, 1.54) is 4.90 Å². The first-order valence-corrected chi connectivity index (χ1v) is 11.4. The van der Waals surface area contributed by atoms with Crippen molar-refractivity contribution in [1.82, 2.24) is 9.80 Å². The summed E-state index contributed by atoms with van der Waals surface area (Å²) < 4.78 is 5.56. The van der Waals surface area contributed by atoms with Gasteiger partial charge in [-0.3, -0.25) is 9.59 Å². The molecule has 4 rings (SSSR count). The zero-order valence-corrected chi connectivity index (χ0v) is 19.4. The number of ether oxygens (including phenoxy) is 1. The van der Waals surface area contributed by atoms with Gasteiger partial charge in [-0.2, -0.15) is 0 Å². The molecular weight excluding hydrogens is 402 g/mol. The van der Waals surface area contributed by atoms with Crippen LogP contribution < -0.4 is 9.64 Å². The summed E-state index contributed by atoms with van der Waals surface area (Å²) in [5.74, 6) is 0.247. The molecule has 32 heavy (non-hydrogen) atoms. The number of anilines is 1. The summed E-state index contributed by atoms with van der Waals surface area (Å²) in [7, 11) is 0. The first kappa shape index (κ1) is 22.1. The summed E-state index contributed by atoms with van der Waals surface area (Å²) in [6.45, 7) is 12.8. The molecule has 1 fully saturated rings. The number of piperazine rings is 1. The molecule has 1 saturated heterocycles. The van der Waals surface area contributed by atoms with E-state index in [0.717, 1.165) is 55.2 Å². The Hall–Kier alpha value is -3.12. The van der Waals surface area contributed by atoms with Crippen LogP contribution in [0, 0.1) is 13.8 Å². The number of amides is 2. The maximum Gasteiger partial charge on any atom is 0.282 e. The quantitative estimate of drug-likeness (QED) is 0.652. The number of benzene rings is 2.